The van der Waals surface area contributed by atoms with Gasteiger partial charge in [0.05, 0.1) is 0 Å². The monoisotopic (exact) mass is 266 g/mol. The van der Waals surface area contributed by atoms with Crippen molar-refractivity contribution >= 4 is 5.69 Å². The molecule has 1 aliphatic carbocycles. The van der Waals surface area contributed by atoms with E-state index >= 15 is 0 Å². The van der Waals surface area contributed by atoms with Crippen LogP contribution in [0.15, 0.2) is 48.5 Å². The van der Waals surface area contributed by atoms with Crippen LogP contribution in [0.5, 0.6) is 0 Å². The van der Waals surface area contributed by atoms with Gasteiger partial charge < -0.3 is 10.2 Å². The van der Waals surface area contributed by atoms with Crippen LogP contribution in [-0.2, 0) is 19.4 Å². The summed E-state index contributed by atoms with van der Waals surface area (Å²) in [5.74, 6) is 0. The summed E-state index contributed by atoms with van der Waals surface area (Å²) in [6.07, 6.45) is 2.27. The third-order valence-corrected chi connectivity index (χ3v) is 3.87. The van der Waals surface area contributed by atoms with Gasteiger partial charge in [-0.1, -0.05) is 36.4 Å². The van der Waals surface area contributed by atoms with Crippen molar-refractivity contribution in [2.24, 2.45) is 0 Å². The van der Waals surface area contributed by atoms with Crippen LogP contribution >= 0.6 is 0 Å². The standard InChI is InChI=1S/C18H22N2/c1-20(2)13-14-7-9-17(10-8-14)19-18-11-15-5-3-4-6-16(15)12-18/h3-10,18-19H,11-13H2,1-2H3. The van der Waals surface area contributed by atoms with Crippen molar-refractivity contribution in [3.05, 3.63) is 65.2 Å². The first-order valence-corrected chi connectivity index (χ1v) is 7.28. The minimum Gasteiger partial charge on any atom is -0.382 e. The Hall–Kier alpha value is -1.80. The largest absolute Gasteiger partial charge is 0.382 e. The van der Waals surface area contributed by atoms with E-state index in [1.54, 1.807) is 0 Å². The fourth-order valence-corrected chi connectivity index (χ4v) is 2.97. The van der Waals surface area contributed by atoms with Gasteiger partial charge in [0.1, 0.15) is 0 Å². The van der Waals surface area contributed by atoms with Crippen LogP contribution in [0.25, 0.3) is 0 Å². The van der Waals surface area contributed by atoms with Gasteiger partial charge in [-0.25, -0.2) is 0 Å². The lowest BCUT2D eigenvalue weighted by Gasteiger charge is -2.15. The number of nitrogens with zero attached hydrogens (tertiary/aromatic N) is 1. The zero-order valence-corrected chi connectivity index (χ0v) is 12.3. The molecule has 2 aromatic rings. The topological polar surface area (TPSA) is 15.3 Å². The second-order valence-electron chi connectivity index (χ2n) is 5.95. The first-order valence-electron chi connectivity index (χ1n) is 7.28. The van der Waals surface area contributed by atoms with Crippen molar-refractivity contribution in [1.29, 1.82) is 0 Å². The Balaban J connectivity index is 1.62. The highest BCUT2D eigenvalue weighted by atomic mass is 15.0. The smallest absolute Gasteiger partial charge is 0.0342 e. The zero-order chi connectivity index (χ0) is 13.9. The number of fused-ring (bicyclic) bond motifs is 1. The van der Waals surface area contributed by atoms with E-state index in [1.165, 1.54) is 22.4 Å². The summed E-state index contributed by atoms with van der Waals surface area (Å²) in [6, 6.07) is 18.1. The molecule has 3 rings (SSSR count). The van der Waals surface area contributed by atoms with Crippen LogP contribution < -0.4 is 5.32 Å². The van der Waals surface area contributed by atoms with Gasteiger partial charge in [-0.3, -0.25) is 0 Å². The molecule has 20 heavy (non-hydrogen) atoms. The molecule has 0 spiro atoms. The molecular formula is C18H22N2. The third-order valence-electron chi connectivity index (χ3n) is 3.87. The Morgan fingerprint density at radius 1 is 0.950 bits per heavy atom. The maximum atomic E-state index is 3.65. The summed E-state index contributed by atoms with van der Waals surface area (Å²) in [4.78, 5) is 2.19. The van der Waals surface area contributed by atoms with Crippen LogP contribution in [-0.4, -0.2) is 25.0 Å². The average Bonchev–Trinajstić information content (AvgIpc) is 2.82. The summed E-state index contributed by atoms with van der Waals surface area (Å²) in [5.41, 5.74) is 5.57. The van der Waals surface area contributed by atoms with E-state index in [9.17, 15) is 0 Å². The van der Waals surface area contributed by atoms with Crippen molar-refractivity contribution < 1.29 is 0 Å². The maximum Gasteiger partial charge on any atom is 0.0342 e. The van der Waals surface area contributed by atoms with Crippen molar-refractivity contribution in [3.8, 4) is 0 Å². The highest BCUT2D eigenvalue weighted by molar-refractivity contribution is 5.47. The van der Waals surface area contributed by atoms with Gasteiger partial charge in [-0.15, -0.1) is 0 Å². The van der Waals surface area contributed by atoms with Gasteiger partial charge in [0.15, 0.2) is 0 Å². The zero-order valence-electron chi connectivity index (χ0n) is 12.3. The first kappa shape index (κ1) is 13.2. The molecule has 1 aliphatic rings. The van der Waals surface area contributed by atoms with Crippen LogP contribution in [0.1, 0.15) is 16.7 Å². The van der Waals surface area contributed by atoms with Crippen molar-refractivity contribution in [1.82, 2.24) is 4.90 Å². The molecule has 104 valence electrons. The predicted octanol–water partition coefficient (Wildman–Crippen LogP) is 3.33. The van der Waals surface area contributed by atoms with Crippen molar-refractivity contribution in [3.63, 3.8) is 0 Å². The maximum absolute atomic E-state index is 3.65. The minimum absolute atomic E-state index is 0.534. The van der Waals surface area contributed by atoms with E-state index in [0.717, 1.165) is 19.4 Å². The van der Waals surface area contributed by atoms with Gasteiger partial charge in [-0.2, -0.15) is 0 Å². The van der Waals surface area contributed by atoms with E-state index in [0.29, 0.717) is 6.04 Å². The second kappa shape index (κ2) is 5.68. The lowest BCUT2D eigenvalue weighted by Crippen LogP contribution is -2.19. The Morgan fingerprint density at radius 2 is 1.55 bits per heavy atom. The summed E-state index contributed by atoms with van der Waals surface area (Å²) in [5, 5.41) is 3.65. The lowest BCUT2D eigenvalue weighted by atomic mass is 10.1. The Bertz CT molecular complexity index is 547. The molecule has 0 unspecified atom stereocenters. The Kier molecular flexibility index (Phi) is 3.75. The lowest BCUT2D eigenvalue weighted by molar-refractivity contribution is 0.402. The molecule has 0 atom stereocenters. The number of nitrogens with one attached hydrogen (secondary N) is 1. The quantitative estimate of drug-likeness (QED) is 0.913. The SMILES string of the molecule is CN(C)Cc1ccc(NC2Cc3ccccc3C2)cc1. The summed E-state index contributed by atoms with van der Waals surface area (Å²) in [6.45, 7) is 0.995. The summed E-state index contributed by atoms with van der Waals surface area (Å²) in [7, 11) is 4.20. The fraction of sp³-hybridized carbons (Fsp3) is 0.333. The van der Waals surface area contributed by atoms with Gasteiger partial charge >= 0.3 is 0 Å². The van der Waals surface area contributed by atoms with E-state index in [-0.39, 0.29) is 0 Å². The van der Waals surface area contributed by atoms with Crippen molar-refractivity contribution in [2.75, 3.05) is 19.4 Å². The molecule has 2 nitrogen and oxygen atoms in total. The molecule has 0 bridgehead atoms. The molecule has 1 N–H and O–H groups in total. The van der Waals surface area contributed by atoms with E-state index < -0.39 is 0 Å². The number of rotatable bonds is 4. The van der Waals surface area contributed by atoms with Gasteiger partial charge in [-0.05, 0) is 55.8 Å². The molecule has 0 aliphatic heterocycles. The molecule has 0 saturated carbocycles. The average molecular weight is 266 g/mol. The molecule has 2 heteroatoms. The van der Waals surface area contributed by atoms with Crippen LogP contribution in [0.3, 0.4) is 0 Å². The Labute approximate surface area is 121 Å². The molecule has 0 amide bonds. The van der Waals surface area contributed by atoms with Gasteiger partial charge in [0, 0.05) is 18.3 Å². The van der Waals surface area contributed by atoms with Crippen LogP contribution in [0.2, 0.25) is 0 Å². The van der Waals surface area contributed by atoms with E-state index in [1.807, 2.05) is 0 Å². The third kappa shape index (κ3) is 3.02. The minimum atomic E-state index is 0.534. The number of hydrogen-bond acceptors (Lipinski definition) is 2. The van der Waals surface area contributed by atoms with Gasteiger partial charge in [0.25, 0.3) is 0 Å². The van der Waals surface area contributed by atoms with Crippen LogP contribution in [0, 0.1) is 0 Å². The second-order valence-corrected chi connectivity index (χ2v) is 5.95. The van der Waals surface area contributed by atoms with Crippen molar-refractivity contribution in [2.45, 2.75) is 25.4 Å². The first-order chi connectivity index (χ1) is 9.70. The normalized spacial score (nSPS) is 14.6. The highest BCUT2D eigenvalue weighted by Crippen LogP contribution is 2.24. The number of anilines is 1. The van der Waals surface area contributed by atoms with E-state index in [4.69, 9.17) is 0 Å². The molecule has 0 radical (unpaired) electrons. The fourth-order valence-electron chi connectivity index (χ4n) is 2.97. The molecule has 0 saturated heterocycles. The number of hydrogen-bond donors (Lipinski definition) is 1. The number of benzene rings is 2. The molecule has 0 heterocycles. The summed E-state index contributed by atoms with van der Waals surface area (Å²) >= 11 is 0. The van der Waals surface area contributed by atoms with Gasteiger partial charge in [0.2, 0.25) is 0 Å². The van der Waals surface area contributed by atoms with Crippen LogP contribution in [0.4, 0.5) is 5.69 Å². The Morgan fingerprint density at radius 3 is 2.10 bits per heavy atom. The predicted molar refractivity (Wildman–Crippen MR) is 85.1 cm³/mol. The molecule has 0 fully saturated rings. The summed E-state index contributed by atoms with van der Waals surface area (Å²) < 4.78 is 0. The molecular weight excluding hydrogens is 244 g/mol. The highest BCUT2D eigenvalue weighted by Gasteiger charge is 2.20. The van der Waals surface area contributed by atoms with E-state index in [2.05, 4.69) is 72.8 Å². The molecule has 2 aromatic carbocycles. The molecule has 0 aromatic heterocycles.